The summed E-state index contributed by atoms with van der Waals surface area (Å²) in [7, 11) is 1.72. The van der Waals surface area contributed by atoms with E-state index in [4.69, 9.17) is 0 Å². The normalized spacial score (nSPS) is 13.3. The third-order valence-electron chi connectivity index (χ3n) is 5.25. The largest absolute Gasteiger partial charge is 0.352 e. The van der Waals surface area contributed by atoms with Crippen molar-refractivity contribution in [3.05, 3.63) is 75.7 Å². The number of halogens is 1. The number of hydrogen-bond acceptors (Lipinski definition) is 4. The summed E-state index contributed by atoms with van der Waals surface area (Å²) in [6.45, 7) is 3.04. The highest BCUT2D eigenvalue weighted by Gasteiger charge is 2.21. The molecule has 1 aliphatic rings. The molecule has 3 aromatic rings. The van der Waals surface area contributed by atoms with Crippen LogP contribution in [0.5, 0.6) is 0 Å². The molecule has 0 aliphatic carbocycles. The number of aromatic nitrogens is 2. The maximum absolute atomic E-state index is 12.6. The number of nitrogens with zero attached hydrogens (tertiary/aromatic N) is 4. The highest BCUT2D eigenvalue weighted by molar-refractivity contribution is 14.0. The van der Waals surface area contributed by atoms with E-state index in [0.29, 0.717) is 19.0 Å². The van der Waals surface area contributed by atoms with Crippen molar-refractivity contribution in [1.82, 2.24) is 25.3 Å². The highest BCUT2D eigenvalue weighted by Crippen LogP contribution is 2.23. The number of carbonyl (C=O) groups is 1. The lowest BCUT2D eigenvalue weighted by Gasteiger charge is -2.27. The molecule has 1 aliphatic heterocycles. The van der Waals surface area contributed by atoms with Gasteiger partial charge < -0.3 is 15.5 Å². The van der Waals surface area contributed by atoms with E-state index in [1.807, 2.05) is 34.0 Å². The molecule has 2 aromatic heterocycles. The van der Waals surface area contributed by atoms with Gasteiger partial charge in [-0.3, -0.25) is 14.5 Å². The Morgan fingerprint density at radius 2 is 2.03 bits per heavy atom. The molecular formula is C22H27IN6OS. The van der Waals surface area contributed by atoms with E-state index < -0.39 is 0 Å². The van der Waals surface area contributed by atoms with Crippen molar-refractivity contribution in [1.29, 1.82) is 0 Å². The predicted octanol–water partition coefficient (Wildman–Crippen LogP) is 2.86. The molecule has 1 amide bonds. The number of aliphatic imine (C=N–C) groups is 1. The van der Waals surface area contributed by atoms with Gasteiger partial charge in [0.1, 0.15) is 0 Å². The standard InChI is InChI=1S/C22H26N6OS.HI/c1-23-22(25-14-21(29)27-11-7-20-19(15-27)8-12-30-20)24-13-17-5-2-3-6-18(17)16-28-10-4-9-26-28;/h2-6,8-10,12H,7,11,13-16H2,1H3,(H2,23,24,25);1H. The van der Waals surface area contributed by atoms with Gasteiger partial charge in [0.2, 0.25) is 5.91 Å². The van der Waals surface area contributed by atoms with E-state index in [-0.39, 0.29) is 36.4 Å². The Morgan fingerprint density at radius 3 is 2.81 bits per heavy atom. The monoisotopic (exact) mass is 550 g/mol. The van der Waals surface area contributed by atoms with Gasteiger partial charge in [-0.15, -0.1) is 35.3 Å². The second-order valence-corrected chi connectivity index (χ2v) is 8.19. The molecule has 0 unspecified atom stereocenters. The Labute approximate surface area is 203 Å². The van der Waals surface area contributed by atoms with E-state index >= 15 is 0 Å². The fourth-order valence-corrected chi connectivity index (χ4v) is 4.47. The fourth-order valence-electron chi connectivity index (χ4n) is 3.58. The molecule has 0 bridgehead atoms. The van der Waals surface area contributed by atoms with Crippen molar-refractivity contribution >= 4 is 47.2 Å². The number of hydrogen-bond donors (Lipinski definition) is 2. The molecule has 4 rings (SSSR count). The zero-order valence-electron chi connectivity index (χ0n) is 17.5. The zero-order chi connectivity index (χ0) is 20.8. The molecule has 31 heavy (non-hydrogen) atoms. The summed E-state index contributed by atoms with van der Waals surface area (Å²) in [5, 5.41) is 12.9. The summed E-state index contributed by atoms with van der Waals surface area (Å²) < 4.78 is 1.90. The van der Waals surface area contributed by atoms with Crippen LogP contribution in [0.1, 0.15) is 21.6 Å². The van der Waals surface area contributed by atoms with Gasteiger partial charge in [0.15, 0.2) is 5.96 Å². The number of thiophene rings is 1. The van der Waals surface area contributed by atoms with Gasteiger partial charge in [-0.25, -0.2) is 0 Å². The number of benzene rings is 1. The van der Waals surface area contributed by atoms with E-state index in [1.54, 1.807) is 24.6 Å². The molecule has 164 valence electrons. The van der Waals surface area contributed by atoms with E-state index in [9.17, 15) is 4.79 Å². The van der Waals surface area contributed by atoms with Crippen LogP contribution in [0.3, 0.4) is 0 Å². The Morgan fingerprint density at radius 1 is 1.19 bits per heavy atom. The summed E-state index contributed by atoms with van der Waals surface area (Å²) >= 11 is 1.78. The molecule has 1 aromatic carbocycles. The first-order chi connectivity index (χ1) is 14.7. The first-order valence-electron chi connectivity index (χ1n) is 10.0. The van der Waals surface area contributed by atoms with Gasteiger partial charge in [0.25, 0.3) is 0 Å². The van der Waals surface area contributed by atoms with Crippen LogP contribution < -0.4 is 10.6 Å². The Bertz CT molecular complexity index is 1020. The molecule has 0 radical (unpaired) electrons. The van der Waals surface area contributed by atoms with Crippen LogP contribution in [-0.4, -0.2) is 46.7 Å². The Kier molecular flexibility index (Phi) is 8.47. The van der Waals surface area contributed by atoms with Crippen molar-refractivity contribution in [2.24, 2.45) is 4.99 Å². The zero-order valence-corrected chi connectivity index (χ0v) is 20.6. The van der Waals surface area contributed by atoms with Crippen molar-refractivity contribution < 1.29 is 4.79 Å². The summed E-state index contributed by atoms with van der Waals surface area (Å²) in [4.78, 5) is 20.2. The first-order valence-corrected chi connectivity index (χ1v) is 10.9. The van der Waals surface area contributed by atoms with Crippen molar-refractivity contribution in [3.8, 4) is 0 Å². The summed E-state index contributed by atoms with van der Waals surface area (Å²) in [6.07, 6.45) is 4.68. The summed E-state index contributed by atoms with van der Waals surface area (Å²) in [5.41, 5.74) is 3.64. The molecule has 9 heteroatoms. The molecule has 0 spiro atoms. The SMILES string of the molecule is CN=C(NCC(=O)N1CCc2sccc2C1)NCc1ccccc1Cn1cccn1.I. The van der Waals surface area contributed by atoms with Gasteiger partial charge >= 0.3 is 0 Å². The van der Waals surface area contributed by atoms with Crippen LogP contribution in [0.2, 0.25) is 0 Å². The lowest BCUT2D eigenvalue weighted by atomic mass is 10.1. The minimum Gasteiger partial charge on any atom is -0.352 e. The van der Waals surface area contributed by atoms with Gasteiger partial charge in [0.05, 0.1) is 13.1 Å². The first kappa shape index (κ1) is 23.3. The number of fused-ring (bicyclic) bond motifs is 1. The molecule has 7 nitrogen and oxygen atoms in total. The van der Waals surface area contributed by atoms with Crippen LogP contribution in [0, 0.1) is 0 Å². The quantitative estimate of drug-likeness (QED) is 0.281. The fraction of sp³-hybridized carbons (Fsp3) is 0.318. The lowest BCUT2D eigenvalue weighted by molar-refractivity contribution is -0.130. The minimum absolute atomic E-state index is 0. The maximum Gasteiger partial charge on any atom is 0.242 e. The van der Waals surface area contributed by atoms with Crippen molar-refractivity contribution in [2.45, 2.75) is 26.1 Å². The highest BCUT2D eigenvalue weighted by atomic mass is 127. The summed E-state index contributed by atoms with van der Waals surface area (Å²) in [5.74, 6) is 0.708. The summed E-state index contributed by atoms with van der Waals surface area (Å²) in [6, 6.07) is 12.3. The van der Waals surface area contributed by atoms with Crippen LogP contribution in [0.25, 0.3) is 0 Å². The van der Waals surface area contributed by atoms with E-state index in [1.165, 1.54) is 21.6 Å². The Hall–Kier alpha value is -2.40. The van der Waals surface area contributed by atoms with Crippen LogP contribution in [0.4, 0.5) is 0 Å². The molecule has 2 N–H and O–H groups in total. The average molecular weight is 550 g/mol. The molecule has 0 saturated carbocycles. The predicted molar refractivity (Wildman–Crippen MR) is 135 cm³/mol. The maximum atomic E-state index is 12.6. The van der Waals surface area contributed by atoms with Gasteiger partial charge in [-0.05, 0) is 40.6 Å². The smallest absolute Gasteiger partial charge is 0.242 e. The number of amides is 1. The van der Waals surface area contributed by atoms with Crippen LogP contribution in [0.15, 0.2) is 59.2 Å². The van der Waals surface area contributed by atoms with Crippen LogP contribution >= 0.6 is 35.3 Å². The average Bonchev–Trinajstić information content (AvgIpc) is 3.46. The van der Waals surface area contributed by atoms with E-state index in [0.717, 1.165) is 19.5 Å². The molecule has 0 atom stereocenters. The molecule has 3 heterocycles. The molecular weight excluding hydrogens is 523 g/mol. The van der Waals surface area contributed by atoms with Crippen LogP contribution in [-0.2, 0) is 30.8 Å². The third-order valence-corrected chi connectivity index (χ3v) is 6.27. The Balaban J connectivity index is 0.00000272. The van der Waals surface area contributed by atoms with Gasteiger partial charge in [-0.2, -0.15) is 5.10 Å². The second-order valence-electron chi connectivity index (χ2n) is 7.19. The number of guanidine groups is 1. The van der Waals surface area contributed by atoms with Crippen molar-refractivity contribution in [2.75, 3.05) is 20.1 Å². The topological polar surface area (TPSA) is 74.6 Å². The van der Waals surface area contributed by atoms with E-state index in [2.05, 4.69) is 44.3 Å². The molecule has 0 fully saturated rings. The van der Waals surface area contributed by atoms with Gasteiger partial charge in [-0.1, -0.05) is 24.3 Å². The molecule has 0 saturated heterocycles. The minimum atomic E-state index is 0. The van der Waals surface area contributed by atoms with Gasteiger partial charge in [0, 0.05) is 44.0 Å². The van der Waals surface area contributed by atoms with Crippen molar-refractivity contribution in [3.63, 3.8) is 0 Å². The number of rotatable bonds is 6. The number of nitrogens with one attached hydrogen (secondary N) is 2. The number of carbonyl (C=O) groups excluding carboxylic acids is 1. The third kappa shape index (κ3) is 6.07. The second kappa shape index (κ2) is 11.3. The lowest BCUT2D eigenvalue weighted by Crippen LogP contribution is -2.45.